The predicted octanol–water partition coefficient (Wildman–Crippen LogP) is 2.68. The summed E-state index contributed by atoms with van der Waals surface area (Å²) >= 11 is 0. The number of aryl methyl sites for hydroxylation is 1. The quantitative estimate of drug-likeness (QED) is 0.815. The van der Waals surface area contributed by atoms with Crippen LogP contribution in [0.25, 0.3) is 0 Å². The molecule has 0 saturated heterocycles. The Morgan fingerprint density at radius 2 is 1.94 bits per heavy atom. The summed E-state index contributed by atoms with van der Waals surface area (Å²) in [6, 6.07) is 7.50. The molecule has 1 aromatic carbocycles. The second-order valence-electron chi connectivity index (χ2n) is 4.78. The van der Waals surface area contributed by atoms with Crippen LogP contribution in [0.4, 0.5) is 0 Å². The molecule has 3 heteroatoms. The van der Waals surface area contributed by atoms with Crippen LogP contribution >= 0.6 is 0 Å². The largest absolute Gasteiger partial charge is 0.481 e. The highest BCUT2D eigenvalue weighted by Gasteiger charge is 2.34. The molecule has 1 fully saturated rings. The summed E-state index contributed by atoms with van der Waals surface area (Å²) in [6.45, 7) is 1.95. The molecule has 0 aromatic heterocycles. The van der Waals surface area contributed by atoms with Gasteiger partial charge in [0.1, 0.15) is 0 Å². The molecule has 17 heavy (non-hydrogen) atoms. The number of Topliss-reactive ketones (excluding diaryl/α,β-unsaturated/α-hetero) is 1. The number of carbonyl (C=O) groups excluding carboxylic acids is 1. The molecular weight excluding hydrogens is 216 g/mol. The molecule has 90 valence electrons. The van der Waals surface area contributed by atoms with Gasteiger partial charge in [-0.05, 0) is 32.3 Å². The lowest BCUT2D eigenvalue weighted by Crippen LogP contribution is -2.14. The predicted molar refractivity (Wildman–Crippen MR) is 64.0 cm³/mol. The van der Waals surface area contributed by atoms with Gasteiger partial charge in [0.15, 0.2) is 5.78 Å². The Morgan fingerprint density at radius 1 is 1.24 bits per heavy atom. The van der Waals surface area contributed by atoms with Gasteiger partial charge in [-0.2, -0.15) is 0 Å². The van der Waals surface area contributed by atoms with E-state index in [2.05, 4.69) is 0 Å². The number of rotatable bonds is 3. The Balaban J connectivity index is 2.09. The second-order valence-corrected chi connectivity index (χ2v) is 4.78. The molecule has 1 aliphatic rings. The third-order valence-corrected chi connectivity index (χ3v) is 3.46. The molecule has 0 spiro atoms. The van der Waals surface area contributed by atoms with E-state index in [0.717, 1.165) is 5.56 Å². The average molecular weight is 232 g/mol. The molecule has 0 heterocycles. The van der Waals surface area contributed by atoms with E-state index < -0.39 is 5.97 Å². The van der Waals surface area contributed by atoms with Crippen LogP contribution in [0.3, 0.4) is 0 Å². The normalized spacial score (nSPS) is 23.6. The van der Waals surface area contributed by atoms with E-state index in [9.17, 15) is 9.59 Å². The van der Waals surface area contributed by atoms with Crippen LogP contribution in [0.15, 0.2) is 24.3 Å². The maximum absolute atomic E-state index is 12.2. The Hall–Kier alpha value is -1.64. The van der Waals surface area contributed by atoms with Crippen LogP contribution in [0.5, 0.6) is 0 Å². The van der Waals surface area contributed by atoms with E-state index in [-0.39, 0.29) is 17.6 Å². The van der Waals surface area contributed by atoms with Crippen molar-refractivity contribution < 1.29 is 14.7 Å². The second kappa shape index (κ2) is 4.70. The minimum atomic E-state index is -0.774. The van der Waals surface area contributed by atoms with E-state index in [4.69, 9.17) is 5.11 Å². The SMILES string of the molecule is Cc1cccc(C(=O)[C@@H]2CC[C@H](C(=O)O)C2)c1. The summed E-state index contributed by atoms with van der Waals surface area (Å²) < 4.78 is 0. The first-order valence-electron chi connectivity index (χ1n) is 5.91. The summed E-state index contributed by atoms with van der Waals surface area (Å²) in [7, 11) is 0. The number of carboxylic acids is 1. The molecule has 0 unspecified atom stereocenters. The van der Waals surface area contributed by atoms with Gasteiger partial charge in [0.2, 0.25) is 0 Å². The Bertz CT molecular complexity index is 451. The van der Waals surface area contributed by atoms with Crippen molar-refractivity contribution in [3.05, 3.63) is 35.4 Å². The van der Waals surface area contributed by atoms with Crippen LogP contribution in [-0.2, 0) is 4.79 Å². The Morgan fingerprint density at radius 3 is 2.53 bits per heavy atom. The average Bonchev–Trinajstić information content (AvgIpc) is 2.77. The molecule has 3 nitrogen and oxygen atoms in total. The smallest absolute Gasteiger partial charge is 0.306 e. The number of ketones is 1. The lowest BCUT2D eigenvalue weighted by atomic mass is 9.94. The lowest BCUT2D eigenvalue weighted by molar-refractivity contribution is -0.141. The van der Waals surface area contributed by atoms with Crippen LogP contribution in [0, 0.1) is 18.8 Å². The van der Waals surface area contributed by atoms with Crippen LogP contribution in [-0.4, -0.2) is 16.9 Å². The molecular formula is C14H16O3. The monoisotopic (exact) mass is 232 g/mol. The van der Waals surface area contributed by atoms with Crippen LogP contribution < -0.4 is 0 Å². The standard InChI is InChI=1S/C14H16O3/c1-9-3-2-4-10(7-9)13(15)11-5-6-12(8-11)14(16)17/h2-4,7,11-12H,5-6,8H2,1H3,(H,16,17)/t11-,12+/m1/s1. The van der Waals surface area contributed by atoms with E-state index in [1.165, 1.54) is 0 Å². The maximum atomic E-state index is 12.2. The molecule has 1 saturated carbocycles. The van der Waals surface area contributed by atoms with Crippen molar-refractivity contribution >= 4 is 11.8 Å². The topological polar surface area (TPSA) is 54.4 Å². The number of aliphatic carboxylic acids is 1. The summed E-state index contributed by atoms with van der Waals surface area (Å²) in [4.78, 5) is 23.0. The van der Waals surface area contributed by atoms with Gasteiger partial charge in [-0.15, -0.1) is 0 Å². The van der Waals surface area contributed by atoms with E-state index >= 15 is 0 Å². The summed E-state index contributed by atoms with van der Waals surface area (Å²) in [5, 5.41) is 8.92. The third kappa shape index (κ3) is 2.54. The number of hydrogen-bond acceptors (Lipinski definition) is 2. The van der Waals surface area contributed by atoms with Crippen LogP contribution in [0.1, 0.15) is 35.2 Å². The molecule has 0 bridgehead atoms. The van der Waals surface area contributed by atoms with Crippen molar-refractivity contribution in [1.29, 1.82) is 0 Å². The van der Waals surface area contributed by atoms with E-state index in [0.29, 0.717) is 24.8 Å². The van der Waals surface area contributed by atoms with Crippen molar-refractivity contribution in [1.82, 2.24) is 0 Å². The molecule has 0 radical (unpaired) electrons. The van der Waals surface area contributed by atoms with Gasteiger partial charge in [0, 0.05) is 11.5 Å². The van der Waals surface area contributed by atoms with Gasteiger partial charge in [-0.25, -0.2) is 0 Å². The molecule has 1 aromatic rings. The third-order valence-electron chi connectivity index (χ3n) is 3.46. The lowest BCUT2D eigenvalue weighted by Gasteiger charge is -2.09. The summed E-state index contributed by atoms with van der Waals surface area (Å²) in [6.07, 6.45) is 1.81. The molecule has 0 amide bonds. The summed E-state index contributed by atoms with van der Waals surface area (Å²) in [5.41, 5.74) is 1.77. The number of hydrogen-bond donors (Lipinski definition) is 1. The van der Waals surface area contributed by atoms with Gasteiger partial charge >= 0.3 is 5.97 Å². The van der Waals surface area contributed by atoms with Gasteiger partial charge in [0.05, 0.1) is 5.92 Å². The van der Waals surface area contributed by atoms with Crippen molar-refractivity contribution in [3.63, 3.8) is 0 Å². The molecule has 2 rings (SSSR count). The van der Waals surface area contributed by atoms with E-state index in [1.807, 2.05) is 31.2 Å². The number of benzene rings is 1. The van der Waals surface area contributed by atoms with Gasteiger partial charge < -0.3 is 5.11 Å². The zero-order chi connectivity index (χ0) is 12.4. The first-order chi connectivity index (χ1) is 8.08. The van der Waals surface area contributed by atoms with Crippen molar-refractivity contribution in [3.8, 4) is 0 Å². The fourth-order valence-electron chi connectivity index (χ4n) is 2.48. The fourth-order valence-corrected chi connectivity index (χ4v) is 2.48. The number of carboxylic acid groups (broad SMARTS) is 1. The van der Waals surface area contributed by atoms with Gasteiger partial charge in [-0.1, -0.05) is 23.8 Å². The Labute approximate surface area is 100 Å². The van der Waals surface area contributed by atoms with Crippen LogP contribution in [0.2, 0.25) is 0 Å². The fraction of sp³-hybridized carbons (Fsp3) is 0.429. The number of carbonyl (C=O) groups is 2. The Kier molecular flexibility index (Phi) is 3.27. The van der Waals surface area contributed by atoms with Crippen molar-refractivity contribution in [2.24, 2.45) is 11.8 Å². The molecule has 1 aliphatic carbocycles. The first kappa shape index (κ1) is 11.8. The zero-order valence-electron chi connectivity index (χ0n) is 9.85. The highest BCUT2D eigenvalue weighted by atomic mass is 16.4. The van der Waals surface area contributed by atoms with Crippen molar-refractivity contribution in [2.75, 3.05) is 0 Å². The highest BCUT2D eigenvalue weighted by molar-refractivity contribution is 5.98. The van der Waals surface area contributed by atoms with Crippen molar-refractivity contribution in [2.45, 2.75) is 26.2 Å². The molecule has 0 aliphatic heterocycles. The minimum Gasteiger partial charge on any atom is -0.481 e. The maximum Gasteiger partial charge on any atom is 0.306 e. The van der Waals surface area contributed by atoms with Gasteiger partial charge in [-0.3, -0.25) is 9.59 Å². The molecule has 2 atom stereocenters. The van der Waals surface area contributed by atoms with Gasteiger partial charge in [0.25, 0.3) is 0 Å². The molecule has 1 N–H and O–H groups in total. The first-order valence-corrected chi connectivity index (χ1v) is 5.91. The summed E-state index contributed by atoms with van der Waals surface area (Å²) in [5.74, 6) is -1.13. The minimum absolute atomic E-state index is 0.0949. The zero-order valence-corrected chi connectivity index (χ0v) is 9.85. The van der Waals surface area contributed by atoms with E-state index in [1.54, 1.807) is 0 Å². The highest BCUT2D eigenvalue weighted by Crippen LogP contribution is 2.33.